The van der Waals surface area contributed by atoms with Crippen molar-refractivity contribution in [2.75, 3.05) is 19.6 Å². The molecular formula is C26H42F2N3O2P. The molecule has 192 valence electrons. The molecule has 0 aliphatic heterocycles. The third-order valence-corrected chi connectivity index (χ3v) is 5.20. The molecule has 1 aliphatic carbocycles. The zero-order chi connectivity index (χ0) is 26.3. The van der Waals surface area contributed by atoms with Crippen molar-refractivity contribution in [1.29, 1.82) is 0 Å². The Kier molecular flexibility index (Phi) is 16.2. The second-order valence-corrected chi connectivity index (χ2v) is 8.95. The van der Waals surface area contributed by atoms with Crippen LogP contribution in [-0.2, 0) is 9.59 Å². The molecule has 2 N–H and O–H groups in total. The molecule has 1 aromatic rings. The van der Waals surface area contributed by atoms with Crippen LogP contribution in [-0.4, -0.2) is 41.9 Å². The van der Waals surface area contributed by atoms with Crippen molar-refractivity contribution in [1.82, 2.24) is 4.90 Å². The maximum Gasteiger partial charge on any atom is 0.244 e. The summed E-state index contributed by atoms with van der Waals surface area (Å²) in [6, 6.07) is 2.72. The molecule has 1 unspecified atom stereocenters. The van der Waals surface area contributed by atoms with Crippen molar-refractivity contribution in [2.45, 2.75) is 80.1 Å². The highest BCUT2D eigenvalue weighted by molar-refractivity contribution is 7.27. The zero-order valence-corrected chi connectivity index (χ0v) is 22.8. The normalized spacial score (nSPS) is 15.1. The van der Waals surface area contributed by atoms with Crippen molar-refractivity contribution < 1.29 is 18.4 Å². The fourth-order valence-corrected chi connectivity index (χ4v) is 3.72. The molecule has 1 atom stereocenters. The molecule has 1 amide bonds. The highest BCUT2D eigenvalue weighted by Crippen LogP contribution is 2.24. The summed E-state index contributed by atoms with van der Waals surface area (Å²) in [5.74, 6) is -1.61. The SMILES string of the molecule is CCC.CCCN(CCC)C(=O)CN=C1CCC/C1=C(/N)C(C)=O.Cc1cc(P)cc(F)c1F. The molecule has 1 fully saturated rings. The number of halogens is 2. The average molecular weight is 498 g/mol. The van der Waals surface area contributed by atoms with Gasteiger partial charge < -0.3 is 10.6 Å². The fraction of sp³-hybridized carbons (Fsp3) is 0.577. The Morgan fingerprint density at radius 2 is 1.65 bits per heavy atom. The number of aliphatic imine (C=N–C) groups is 1. The zero-order valence-electron chi connectivity index (χ0n) is 21.6. The lowest BCUT2D eigenvalue weighted by Gasteiger charge is -2.20. The first-order valence-corrected chi connectivity index (χ1v) is 12.6. The number of carbonyl (C=O) groups is 2. The second-order valence-electron chi connectivity index (χ2n) is 8.29. The lowest BCUT2D eigenvalue weighted by molar-refractivity contribution is -0.129. The molecule has 0 heterocycles. The first kappa shape index (κ1) is 31.9. The van der Waals surface area contributed by atoms with E-state index in [4.69, 9.17) is 5.73 Å². The number of allylic oxidation sites excluding steroid dienone is 2. The van der Waals surface area contributed by atoms with E-state index in [-0.39, 0.29) is 18.2 Å². The number of hydrogen-bond donors (Lipinski definition) is 1. The van der Waals surface area contributed by atoms with Crippen LogP contribution in [0, 0.1) is 18.6 Å². The molecule has 0 bridgehead atoms. The summed E-state index contributed by atoms with van der Waals surface area (Å²) in [4.78, 5) is 29.9. The minimum absolute atomic E-state index is 0.0545. The molecule has 1 aromatic carbocycles. The Morgan fingerprint density at radius 1 is 1.09 bits per heavy atom. The maximum atomic E-state index is 12.5. The summed E-state index contributed by atoms with van der Waals surface area (Å²) >= 11 is 0. The Balaban J connectivity index is 0.000000692. The third kappa shape index (κ3) is 11.3. The lowest BCUT2D eigenvalue weighted by atomic mass is 10.1. The molecule has 1 saturated carbocycles. The molecule has 1 aliphatic rings. The van der Waals surface area contributed by atoms with Gasteiger partial charge in [0, 0.05) is 25.7 Å². The van der Waals surface area contributed by atoms with Crippen LogP contribution in [0.4, 0.5) is 8.78 Å². The molecule has 8 heteroatoms. The highest BCUT2D eigenvalue weighted by Gasteiger charge is 2.21. The van der Waals surface area contributed by atoms with E-state index in [1.54, 1.807) is 6.07 Å². The van der Waals surface area contributed by atoms with Crippen LogP contribution in [0.2, 0.25) is 0 Å². The van der Waals surface area contributed by atoms with E-state index in [1.165, 1.54) is 20.3 Å². The molecule has 2 rings (SSSR count). The largest absolute Gasteiger partial charge is 0.396 e. The second kappa shape index (κ2) is 17.3. The van der Waals surface area contributed by atoms with Crippen molar-refractivity contribution in [3.8, 4) is 0 Å². The number of aryl methyl sites for hydroxylation is 1. The van der Waals surface area contributed by atoms with Crippen molar-refractivity contribution in [3.63, 3.8) is 0 Å². The minimum atomic E-state index is -0.787. The number of ketones is 1. The topological polar surface area (TPSA) is 75.8 Å². The van der Waals surface area contributed by atoms with Gasteiger partial charge in [-0.2, -0.15) is 0 Å². The average Bonchev–Trinajstić information content (AvgIpc) is 3.24. The van der Waals surface area contributed by atoms with Crippen LogP contribution in [0.5, 0.6) is 0 Å². The van der Waals surface area contributed by atoms with Gasteiger partial charge in [-0.1, -0.05) is 34.1 Å². The lowest BCUT2D eigenvalue weighted by Crippen LogP contribution is -2.34. The van der Waals surface area contributed by atoms with Crippen molar-refractivity contribution in [2.24, 2.45) is 10.7 Å². The Hall–Kier alpha value is -2.14. The fourth-order valence-electron chi connectivity index (χ4n) is 3.32. The summed E-state index contributed by atoms with van der Waals surface area (Å²) in [5, 5.41) is 0.663. The number of rotatable bonds is 7. The monoisotopic (exact) mass is 497 g/mol. The Morgan fingerprint density at radius 3 is 2.12 bits per heavy atom. The summed E-state index contributed by atoms with van der Waals surface area (Å²) in [6.45, 7) is 13.1. The summed E-state index contributed by atoms with van der Waals surface area (Å²) in [6.07, 6.45) is 5.68. The molecule has 0 spiro atoms. The van der Waals surface area contributed by atoms with E-state index in [9.17, 15) is 18.4 Å². The van der Waals surface area contributed by atoms with Gasteiger partial charge in [0.1, 0.15) is 6.54 Å². The van der Waals surface area contributed by atoms with Crippen LogP contribution < -0.4 is 11.0 Å². The smallest absolute Gasteiger partial charge is 0.244 e. The number of nitrogens with zero attached hydrogens (tertiary/aromatic N) is 2. The summed E-state index contributed by atoms with van der Waals surface area (Å²) in [7, 11) is 2.31. The van der Waals surface area contributed by atoms with E-state index in [1.807, 2.05) is 4.90 Å². The molecule has 5 nitrogen and oxygen atoms in total. The summed E-state index contributed by atoms with van der Waals surface area (Å²) < 4.78 is 25.0. The van der Waals surface area contributed by atoms with Gasteiger partial charge in [0.2, 0.25) is 5.91 Å². The van der Waals surface area contributed by atoms with Gasteiger partial charge >= 0.3 is 0 Å². The van der Waals surface area contributed by atoms with Gasteiger partial charge in [0.05, 0.1) is 5.70 Å². The first-order valence-electron chi connectivity index (χ1n) is 12.1. The standard InChI is InChI=1S/C16H27N3O2.C7H7F2P.C3H8/c1-4-9-19(10-5-2)15(21)11-18-14-8-6-7-13(14)16(17)12(3)20;1-4-2-5(10)3-6(8)7(4)9;1-3-2/h4-11,17H2,1-3H3;2-3H,10H2,1H3;3H2,1-2H3/b16-13-,18-14?;;. The van der Waals surface area contributed by atoms with Gasteiger partial charge in [-0.05, 0) is 67.6 Å². The highest BCUT2D eigenvalue weighted by atomic mass is 31.0. The van der Waals surface area contributed by atoms with E-state index < -0.39 is 11.6 Å². The van der Waals surface area contributed by atoms with Crippen LogP contribution in [0.3, 0.4) is 0 Å². The van der Waals surface area contributed by atoms with Gasteiger partial charge in [0.25, 0.3) is 0 Å². The molecule has 34 heavy (non-hydrogen) atoms. The van der Waals surface area contributed by atoms with Gasteiger partial charge in [-0.3, -0.25) is 14.6 Å². The van der Waals surface area contributed by atoms with Gasteiger partial charge in [-0.25, -0.2) is 8.78 Å². The predicted molar refractivity (Wildman–Crippen MR) is 142 cm³/mol. The van der Waals surface area contributed by atoms with Crippen LogP contribution in [0.25, 0.3) is 0 Å². The van der Waals surface area contributed by atoms with Gasteiger partial charge in [0.15, 0.2) is 17.4 Å². The number of Topliss-reactive ketones (excluding diaryl/α,β-unsaturated/α-hetero) is 1. The predicted octanol–water partition coefficient (Wildman–Crippen LogP) is 5.25. The molecule has 0 radical (unpaired) electrons. The Bertz CT molecular complexity index is 841. The maximum absolute atomic E-state index is 12.5. The van der Waals surface area contributed by atoms with E-state index in [2.05, 4.69) is 41.9 Å². The molecule has 0 aromatic heterocycles. The van der Waals surface area contributed by atoms with Crippen molar-refractivity contribution in [3.05, 3.63) is 40.6 Å². The quantitative estimate of drug-likeness (QED) is 0.413. The number of benzene rings is 1. The van der Waals surface area contributed by atoms with Gasteiger partial charge in [-0.15, -0.1) is 9.24 Å². The molecular weight excluding hydrogens is 455 g/mol. The van der Waals surface area contributed by atoms with E-state index in [0.717, 1.165) is 62.5 Å². The third-order valence-electron chi connectivity index (χ3n) is 4.87. The van der Waals surface area contributed by atoms with E-state index >= 15 is 0 Å². The molecule has 0 saturated heterocycles. The number of amides is 1. The van der Waals surface area contributed by atoms with E-state index in [0.29, 0.717) is 16.6 Å². The minimum Gasteiger partial charge on any atom is -0.396 e. The first-order chi connectivity index (χ1) is 16.0. The number of nitrogens with two attached hydrogens (primary N) is 1. The van der Waals surface area contributed by atoms with Crippen LogP contribution in [0.1, 0.15) is 78.7 Å². The van der Waals surface area contributed by atoms with Crippen molar-refractivity contribution >= 4 is 31.9 Å². The number of carbonyl (C=O) groups excluding carboxylic acids is 2. The summed E-state index contributed by atoms with van der Waals surface area (Å²) in [5.41, 5.74) is 8.15. The van der Waals surface area contributed by atoms with Crippen LogP contribution >= 0.6 is 9.24 Å². The van der Waals surface area contributed by atoms with Crippen LogP contribution in [0.15, 0.2) is 28.4 Å². The number of hydrogen-bond acceptors (Lipinski definition) is 4. The Labute approximate surface area is 206 Å².